The largest absolute Gasteiger partial charge is 0.480 e. The monoisotopic (exact) mass is 259 g/mol. The van der Waals surface area contributed by atoms with E-state index in [9.17, 15) is 9.90 Å². The summed E-state index contributed by atoms with van der Waals surface area (Å²) in [7, 11) is 0. The first-order valence-corrected chi connectivity index (χ1v) is 7.34. The van der Waals surface area contributed by atoms with Crippen molar-refractivity contribution < 1.29 is 9.90 Å². The average Bonchev–Trinajstić information content (AvgIpc) is 2.87. The molecule has 1 heterocycles. The van der Waals surface area contributed by atoms with Crippen LogP contribution in [-0.2, 0) is 17.6 Å². The molecule has 1 unspecified atom stereocenters. The van der Waals surface area contributed by atoms with Gasteiger partial charge in [-0.1, -0.05) is 24.6 Å². The maximum Gasteiger partial charge on any atom is 0.325 e. The standard InChI is InChI=1S/C16H21NO2/c18-16(19)15(17-9-2-1-3-10-17)14-8-7-12-5-4-6-13(12)11-14/h7-8,11,15H,1-6,9-10H2,(H,18,19). The molecule has 1 aromatic carbocycles. The zero-order chi connectivity index (χ0) is 13.2. The first kappa shape index (κ1) is 12.7. The Morgan fingerprint density at radius 3 is 2.53 bits per heavy atom. The van der Waals surface area contributed by atoms with Crippen molar-refractivity contribution in [3.05, 3.63) is 34.9 Å². The molecule has 0 radical (unpaired) electrons. The highest BCUT2D eigenvalue weighted by Crippen LogP contribution is 2.29. The third-order valence-electron chi connectivity index (χ3n) is 4.43. The number of carbonyl (C=O) groups is 1. The molecule has 19 heavy (non-hydrogen) atoms. The molecule has 0 aromatic heterocycles. The minimum atomic E-state index is -0.708. The van der Waals surface area contributed by atoms with Crippen LogP contribution in [0, 0.1) is 0 Å². The maximum atomic E-state index is 11.7. The molecule has 0 amide bonds. The number of hydrogen-bond donors (Lipinski definition) is 1. The molecular weight excluding hydrogens is 238 g/mol. The Hall–Kier alpha value is -1.35. The van der Waals surface area contributed by atoms with Crippen molar-refractivity contribution in [3.8, 4) is 0 Å². The highest BCUT2D eigenvalue weighted by molar-refractivity contribution is 5.75. The summed E-state index contributed by atoms with van der Waals surface area (Å²) in [6.45, 7) is 1.82. The smallest absolute Gasteiger partial charge is 0.325 e. The Balaban J connectivity index is 1.89. The van der Waals surface area contributed by atoms with Crippen molar-refractivity contribution in [3.63, 3.8) is 0 Å². The molecule has 3 rings (SSSR count). The maximum absolute atomic E-state index is 11.7. The Bertz CT molecular complexity index is 478. The number of piperidine rings is 1. The Labute approximate surface area is 114 Å². The van der Waals surface area contributed by atoms with Gasteiger partial charge in [-0.15, -0.1) is 0 Å². The Kier molecular flexibility index (Phi) is 3.56. The van der Waals surface area contributed by atoms with Crippen LogP contribution in [0.25, 0.3) is 0 Å². The number of hydrogen-bond acceptors (Lipinski definition) is 2. The summed E-state index contributed by atoms with van der Waals surface area (Å²) in [6, 6.07) is 5.84. The summed E-state index contributed by atoms with van der Waals surface area (Å²) in [6.07, 6.45) is 6.93. The van der Waals surface area contributed by atoms with Crippen molar-refractivity contribution in [1.82, 2.24) is 4.90 Å². The van der Waals surface area contributed by atoms with E-state index < -0.39 is 12.0 Å². The lowest BCUT2D eigenvalue weighted by molar-refractivity contribution is -0.144. The fraction of sp³-hybridized carbons (Fsp3) is 0.562. The number of aryl methyl sites for hydroxylation is 2. The quantitative estimate of drug-likeness (QED) is 0.907. The van der Waals surface area contributed by atoms with Crippen molar-refractivity contribution in [2.75, 3.05) is 13.1 Å². The van der Waals surface area contributed by atoms with Crippen LogP contribution in [0.2, 0.25) is 0 Å². The molecule has 1 atom stereocenters. The summed E-state index contributed by atoms with van der Waals surface area (Å²) in [5, 5.41) is 9.59. The van der Waals surface area contributed by atoms with Crippen LogP contribution < -0.4 is 0 Å². The van der Waals surface area contributed by atoms with Gasteiger partial charge in [-0.2, -0.15) is 0 Å². The van der Waals surface area contributed by atoms with E-state index in [1.54, 1.807) is 0 Å². The van der Waals surface area contributed by atoms with Crippen molar-refractivity contribution in [2.24, 2.45) is 0 Å². The van der Waals surface area contributed by atoms with Gasteiger partial charge in [-0.3, -0.25) is 9.69 Å². The van der Waals surface area contributed by atoms with Crippen molar-refractivity contribution in [2.45, 2.75) is 44.6 Å². The zero-order valence-corrected chi connectivity index (χ0v) is 11.3. The lowest BCUT2D eigenvalue weighted by atomic mass is 9.98. The third-order valence-corrected chi connectivity index (χ3v) is 4.43. The summed E-state index contributed by atoms with van der Waals surface area (Å²) >= 11 is 0. The van der Waals surface area contributed by atoms with E-state index in [1.807, 2.05) is 6.07 Å². The van der Waals surface area contributed by atoms with E-state index in [2.05, 4.69) is 17.0 Å². The topological polar surface area (TPSA) is 40.5 Å². The van der Waals surface area contributed by atoms with E-state index in [4.69, 9.17) is 0 Å². The molecule has 2 aliphatic rings. The molecule has 3 nitrogen and oxygen atoms in total. The molecule has 1 aliphatic heterocycles. The number of benzene rings is 1. The molecule has 1 fully saturated rings. The number of likely N-dealkylation sites (tertiary alicyclic amines) is 1. The minimum absolute atomic E-state index is 0.453. The second kappa shape index (κ2) is 5.33. The van der Waals surface area contributed by atoms with Crippen LogP contribution in [-0.4, -0.2) is 29.1 Å². The fourth-order valence-electron chi connectivity index (χ4n) is 3.45. The fourth-order valence-corrected chi connectivity index (χ4v) is 3.45. The molecule has 1 N–H and O–H groups in total. The van der Waals surface area contributed by atoms with Gasteiger partial charge in [0.2, 0.25) is 0 Å². The van der Waals surface area contributed by atoms with Gasteiger partial charge in [-0.05, 0) is 61.9 Å². The summed E-state index contributed by atoms with van der Waals surface area (Å²) in [5.41, 5.74) is 3.74. The van der Waals surface area contributed by atoms with Gasteiger partial charge in [0.05, 0.1) is 0 Å². The molecule has 3 heteroatoms. The zero-order valence-electron chi connectivity index (χ0n) is 11.3. The highest BCUT2D eigenvalue weighted by Gasteiger charge is 2.29. The number of aliphatic carboxylic acids is 1. The third kappa shape index (κ3) is 2.52. The molecule has 1 aliphatic carbocycles. The lowest BCUT2D eigenvalue weighted by Crippen LogP contribution is -2.37. The van der Waals surface area contributed by atoms with E-state index >= 15 is 0 Å². The van der Waals surface area contributed by atoms with Crippen LogP contribution in [0.15, 0.2) is 18.2 Å². The van der Waals surface area contributed by atoms with Crippen LogP contribution in [0.4, 0.5) is 0 Å². The van der Waals surface area contributed by atoms with Gasteiger partial charge in [0.1, 0.15) is 6.04 Å². The summed E-state index contributed by atoms with van der Waals surface area (Å²) in [5.74, 6) is -0.708. The average molecular weight is 259 g/mol. The minimum Gasteiger partial charge on any atom is -0.480 e. The number of nitrogens with zero attached hydrogens (tertiary/aromatic N) is 1. The van der Waals surface area contributed by atoms with E-state index in [-0.39, 0.29) is 0 Å². The van der Waals surface area contributed by atoms with E-state index in [1.165, 1.54) is 24.0 Å². The van der Waals surface area contributed by atoms with Crippen LogP contribution >= 0.6 is 0 Å². The number of fused-ring (bicyclic) bond motifs is 1. The molecule has 102 valence electrons. The van der Waals surface area contributed by atoms with Gasteiger partial charge in [0, 0.05) is 0 Å². The Morgan fingerprint density at radius 1 is 1.05 bits per heavy atom. The van der Waals surface area contributed by atoms with Crippen molar-refractivity contribution in [1.29, 1.82) is 0 Å². The van der Waals surface area contributed by atoms with Crippen LogP contribution in [0.3, 0.4) is 0 Å². The second-order valence-corrected chi connectivity index (χ2v) is 5.72. The molecule has 0 spiro atoms. The van der Waals surface area contributed by atoms with Gasteiger partial charge >= 0.3 is 5.97 Å². The number of carboxylic acid groups (broad SMARTS) is 1. The molecular formula is C16H21NO2. The van der Waals surface area contributed by atoms with E-state index in [0.29, 0.717) is 0 Å². The van der Waals surface area contributed by atoms with Crippen molar-refractivity contribution >= 4 is 5.97 Å². The molecule has 1 aromatic rings. The summed E-state index contributed by atoms with van der Waals surface area (Å²) in [4.78, 5) is 13.8. The number of carboxylic acids is 1. The SMILES string of the molecule is O=C(O)C(c1ccc2c(c1)CCC2)N1CCCCC1. The first-order valence-electron chi connectivity index (χ1n) is 7.34. The predicted molar refractivity (Wildman–Crippen MR) is 74.3 cm³/mol. The molecule has 1 saturated heterocycles. The van der Waals surface area contributed by atoms with Gasteiger partial charge < -0.3 is 5.11 Å². The normalized spacial score (nSPS) is 21.1. The second-order valence-electron chi connectivity index (χ2n) is 5.72. The summed E-state index contributed by atoms with van der Waals surface area (Å²) < 4.78 is 0. The van der Waals surface area contributed by atoms with Gasteiger partial charge in [0.25, 0.3) is 0 Å². The molecule has 0 saturated carbocycles. The first-order chi connectivity index (χ1) is 9.25. The lowest BCUT2D eigenvalue weighted by Gasteiger charge is -2.32. The molecule has 0 bridgehead atoms. The van der Waals surface area contributed by atoms with Gasteiger partial charge in [-0.25, -0.2) is 0 Å². The van der Waals surface area contributed by atoms with E-state index in [0.717, 1.165) is 44.3 Å². The van der Waals surface area contributed by atoms with Crippen LogP contribution in [0.1, 0.15) is 48.4 Å². The highest BCUT2D eigenvalue weighted by atomic mass is 16.4. The van der Waals surface area contributed by atoms with Gasteiger partial charge in [0.15, 0.2) is 0 Å². The predicted octanol–water partition coefficient (Wildman–Crippen LogP) is 2.79. The van der Waals surface area contributed by atoms with Crippen LogP contribution in [0.5, 0.6) is 0 Å². The Morgan fingerprint density at radius 2 is 1.79 bits per heavy atom. The number of rotatable bonds is 3.